The van der Waals surface area contributed by atoms with Crippen molar-refractivity contribution in [1.29, 1.82) is 0 Å². The Morgan fingerprint density at radius 3 is 2.73 bits per heavy atom. The summed E-state index contributed by atoms with van der Waals surface area (Å²) in [5.74, 6) is 2.17. The number of aliphatic hydroxyl groups is 1. The standard InChI is InChI=1S/C19H24N2O2S2.ClH/c22-17(18-7-4-9-25-18)13-21(12-15-5-2-1-3-6-15)19(23)11-16-14-24-10-8-20-16;/h1-7,9,16-17,20,22H,8,10-14H2;1H. The molecule has 0 radical (unpaired) electrons. The molecule has 2 N–H and O–H groups in total. The fourth-order valence-corrected chi connectivity index (χ4v) is 4.58. The lowest BCUT2D eigenvalue weighted by molar-refractivity contribution is -0.133. The predicted octanol–water partition coefficient (Wildman–Crippen LogP) is 3.33. The first kappa shape index (κ1) is 21.3. The zero-order valence-electron chi connectivity index (χ0n) is 14.5. The van der Waals surface area contributed by atoms with Gasteiger partial charge in [-0.15, -0.1) is 23.7 Å². The third-order valence-electron chi connectivity index (χ3n) is 4.25. The highest BCUT2D eigenvalue weighted by Gasteiger charge is 2.23. The van der Waals surface area contributed by atoms with Crippen molar-refractivity contribution >= 4 is 41.4 Å². The lowest BCUT2D eigenvalue weighted by Gasteiger charge is -2.29. The summed E-state index contributed by atoms with van der Waals surface area (Å²) in [6, 6.07) is 14.0. The van der Waals surface area contributed by atoms with E-state index in [4.69, 9.17) is 0 Å². The van der Waals surface area contributed by atoms with Crippen LogP contribution in [0.4, 0.5) is 0 Å². The topological polar surface area (TPSA) is 52.6 Å². The molecule has 1 fully saturated rings. The maximum Gasteiger partial charge on any atom is 0.224 e. The van der Waals surface area contributed by atoms with Crippen LogP contribution in [0.2, 0.25) is 0 Å². The molecule has 142 valence electrons. The summed E-state index contributed by atoms with van der Waals surface area (Å²) < 4.78 is 0. The minimum absolute atomic E-state index is 0. The van der Waals surface area contributed by atoms with Crippen molar-refractivity contribution in [3.63, 3.8) is 0 Å². The Bertz CT molecular complexity index is 649. The van der Waals surface area contributed by atoms with Gasteiger partial charge >= 0.3 is 0 Å². The fraction of sp³-hybridized carbons (Fsp3) is 0.421. The van der Waals surface area contributed by atoms with Gasteiger partial charge in [-0.1, -0.05) is 36.4 Å². The third-order valence-corrected chi connectivity index (χ3v) is 6.36. The van der Waals surface area contributed by atoms with E-state index in [0.29, 0.717) is 19.5 Å². The van der Waals surface area contributed by atoms with Crippen LogP contribution in [0.1, 0.15) is 23.0 Å². The molecule has 4 nitrogen and oxygen atoms in total. The van der Waals surface area contributed by atoms with Crippen molar-refractivity contribution in [2.24, 2.45) is 0 Å². The van der Waals surface area contributed by atoms with Crippen LogP contribution in [0.3, 0.4) is 0 Å². The summed E-state index contributed by atoms with van der Waals surface area (Å²) in [5.41, 5.74) is 1.08. The highest BCUT2D eigenvalue weighted by Crippen LogP contribution is 2.21. The average molecular weight is 413 g/mol. The molecule has 1 aliphatic rings. The van der Waals surface area contributed by atoms with Crippen LogP contribution in [0.15, 0.2) is 47.8 Å². The molecule has 0 bridgehead atoms. The van der Waals surface area contributed by atoms with Crippen molar-refractivity contribution in [2.75, 3.05) is 24.6 Å². The van der Waals surface area contributed by atoms with E-state index in [1.807, 2.05) is 59.6 Å². The first-order valence-corrected chi connectivity index (χ1v) is 10.6. The minimum atomic E-state index is -0.638. The molecule has 26 heavy (non-hydrogen) atoms. The maximum atomic E-state index is 12.9. The highest BCUT2D eigenvalue weighted by molar-refractivity contribution is 7.99. The van der Waals surface area contributed by atoms with Gasteiger partial charge in [-0.2, -0.15) is 11.8 Å². The molecule has 0 aliphatic carbocycles. The lowest BCUT2D eigenvalue weighted by atomic mass is 10.1. The number of nitrogens with one attached hydrogen (secondary N) is 1. The van der Waals surface area contributed by atoms with Crippen LogP contribution in [-0.2, 0) is 11.3 Å². The highest BCUT2D eigenvalue weighted by atomic mass is 35.5. The molecule has 1 amide bonds. The molecule has 2 atom stereocenters. The number of nitrogens with zero attached hydrogens (tertiary/aromatic N) is 1. The summed E-state index contributed by atoms with van der Waals surface area (Å²) in [6.07, 6.45) is -0.155. The van der Waals surface area contributed by atoms with Gasteiger partial charge in [0.1, 0.15) is 6.10 Å². The number of hydrogen-bond donors (Lipinski definition) is 2. The summed E-state index contributed by atoms with van der Waals surface area (Å²) in [6.45, 7) is 1.81. The second kappa shape index (κ2) is 10.9. The Kier molecular flexibility index (Phi) is 8.95. The quantitative estimate of drug-likeness (QED) is 0.732. The number of halogens is 1. The summed E-state index contributed by atoms with van der Waals surface area (Å²) in [7, 11) is 0. The minimum Gasteiger partial charge on any atom is -0.386 e. The van der Waals surface area contributed by atoms with Crippen LogP contribution < -0.4 is 5.32 Å². The van der Waals surface area contributed by atoms with E-state index in [-0.39, 0.29) is 24.4 Å². The molecule has 1 aliphatic heterocycles. The smallest absolute Gasteiger partial charge is 0.224 e. The lowest BCUT2D eigenvalue weighted by Crippen LogP contribution is -2.43. The average Bonchev–Trinajstić information content (AvgIpc) is 3.18. The van der Waals surface area contributed by atoms with Gasteiger partial charge < -0.3 is 15.3 Å². The molecule has 0 spiro atoms. The van der Waals surface area contributed by atoms with E-state index in [1.165, 1.54) is 11.3 Å². The molecule has 3 rings (SSSR count). The monoisotopic (exact) mass is 412 g/mol. The molecule has 2 aromatic rings. The van der Waals surface area contributed by atoms with Gasteiger partial charge in [0, 0.05) is 41.9 Å². The number of carbonyl (C=O) groups excluding carboxylic acids is 1. The number of amides is 1. The van der Waals surface area contributed by atoms with Gasteiger partial charge in [-0.25, -0.2) is 0 Å². The summed E-state index contributed by atoms with van der Waals surface area (Å²) in [5, 5.41) is 15.9. The van der Waals surface area contributed by atoms with E-state index in [1.54, 1.807) is 4.90 Å². The van der Waals surface area contributed by atoms with Gasteiger partial charge in [0.2, 0.25) is 5.91 Å². The number of rotatable bonds is 7. The van der Waals surface area contributed by atoms with Crippen molar-refractivity contribution in [2.45, 2.75) is 25.1 Å². The van der Waals surface area contributed by atoms with E-state index in [0.717, 1.165) is 28.5 Å². The molecule has 0 saturated carbocycles. The second-order valence-electron chi connectivity index (χ2n) is 6.22. The van der Waals surface area contributed by atoms with Gasteiger partial charge in [0.15, 0.2) is 0 Å². The van der Waals surface area contributed by atoms with Crippen LogP contribution in [0.25, 0.3) is 0 Å². The van der Waals surface area contributed by atoms with Crippen molar-refractivity contribution in [3.8, 4) is 0 Å². The number of benzene rings is 1. The molecule has 1 aromatic carbocycles. The Labute approximate surface area is 169 Å². The normalized spacial score (nSPS) is 18.0. The number of aliphatic hydroxyl groups excluding tert-OH is 1. The van der Waals surface area contributed by atoms with Crippen LogP contribution >= 0.6 is 35.5 Å². The van der Waals surface area contributed by atoms with E-state index in [9.17, 15) is 9.90 Å². The molecule has 2 heterocycles. The van der Waals surface area contributed by atoms with Crippen LogP contribution in [0, 0.1) is 0 Å². The van der Waals surface area contributed by atoms with E-state index >= 15 is 0 Å². The Hall–Kier alpha value is -1.05. The number of carbonyl (C=O) groups is 1. The third kappa shape index (κ3) is 6.28. The first-order valence-electron chi connectivity index (χ1n) is 8.56. The molecule has 7 heteroatoms. The van der Waals surface area contributed by atoms with Crippen LogP contribution in [0.5, 0.6) is 0 Å². The predicted molar refractivity (Wildman–Crippen MR) is 112 cm³/mol. The Morgan fingerprint density at radius 1 is 1.27 bits per heavy atom. The number of thiophene rings is 1. The van der Waals surface area contributed by atoms with Gasteiger partial charge in [0.05, 0.1) is 6.54 Å². The number of thioether (sulfide) groups is 1. The first-order chi connectivity index (χ1) is 12.2. The van der Waals surface area contributed by atoms with E-state index in [2.05, 4.69) is 5.32 Å². The van der Waals surface area contributed by atoms with Crippen LogP contribution in [-0.4, -0.2) is 46.6 Å². The van der Waals surface area contributed by atoms with E-state index < -0.39 is 6.10 Å². The van der Waals surface area contributed by atoms with Gasteiger partial charge in [-0.05, 0) is 17.0 Å². The number of hydrogen-bond acceptors (Lipinski definition) is 5. The zero-order valence-corrected chi connectivity index (χ0v) is 17.0. The van der Waals surface area contributed by atoms with Gasteiger partial charge in [-0.3, -0.25) is 4.79 Å². The summed E-state index contributed by atoms with van der Waals surface area (Å²) in [4.78, 5) is 15.6. The largest absolute Gasteiger partial charge is 0.386 e. The van der Waals surface area contributed by atoms with Crippen molar-refractivity contribution < 1.29 is 9.90 Å². The van der Waals surface area contributed by atoms with Gasteiger partial charge in [0.25, 0.3) is 0 Å². The molecule has 1 aromatic heterocycles. The fourth-order valence-electron chi connectivity index (χ4n) is 2.93. The Balaban J connectivity index is 0.00000243. The van der Waals surface area contributed by atoms with Crippen molar-refractivity contribution in [3.05, 3.63) is 58.3 Å². The molecule has 2 unspecified atom stereocenters. The van der Waals surface area contributed by atoms with Crippen molar-refractivity contribution in [1.82, 2.24) is 10.2 Å². The Morgan fingerprint density at radius 2 is 2.08 bits per heavy atom. The second-order valence-corrected chi connectivity index (χ2v) is 8.35. The molecular weight excluding hydrogens is 388 g/mol. The molecular formula is C19H25ClN2O2S2. The SMILES string of the molecule is Cl.O=C(CC1CSCCN1)N(Cc1ccccc1)CC(O)c1cccs1. The summed E-state index contributed by atoms with van der Waals surface area (Å²) >= 11 is 3.41. The maximum absolute atomic E-state index is 12.9. The molecule has 1 saturated heterocycles. The zero-order chi connectivity index (χ0) is 17.5.